The predicted molar refractivity (Wildman–Crippen MR) is 153 cm³/mol. The van der Waals surface area contributed by atoms with Crippen LogP contribution < -0.4 is 10.6 Å². The van der Waals surface area contributed by atoms with Crippen LogP contribution in [0.4, 0.5) is 0 Å². The number of carbonyl (C=O) groups excluding carboxylic acids is 2. The second-order valence-electron chi connectivity index (χ2n) is 11.5. The Balaban J connectivity index is 1.91. The fraction of sp³-hybridized carbons (Fsp3) is 0.733. The number of hydrogen-bond donors (Lipinski definition) is 3. The molecule has 3 N–H and O–H groups in total. The third-order valence-corrected chi connectivity index (χ3v) is 7.71. The van der Waals surface area contributed by atoms with Gasteiger partial charge in [0.05, 0.1) is 48.4 Å². The van der Waals surface area contributed by atoms with Crippen molar-refractivity contribution in [3.63, 3.8) is 0 Å². The molecule has 7 atom stereocenters. The lowest BCUT2D eigenvalue weighted by Crippen LogP contribution is -2.50. The first-order chi connectivity index (χ1) is 17.9. The maximum absolute atomic E-state index is 12.2. The molecule has 2 rings (SSSR count). The average molecular weight is 553 g/mol. The lowest BCUT2D eigenvalue weighted by molar-refractivity contribution is -0.138. The molecular weight excluding hydrogens is 504 g/mol. The molecule has 6 unspecified atom stereocenters. The zero-order valence-corrected chi connectivity index (χ0v) is 24.8. The van der Waals surface area contributed by atoms with Crippen LogP contribution in [-0.2, 0) is 19.1 Å². The Kier molecular flexibility index (Phi) is 13.5. The summed E-state index contributed by atoms with van der Waals surface area (Å²) in [5.41, 5.74) is 0.0173. The second kappa shape index (κ2) is 15.8. The summed E-state index contributed by atoms with van der Waals surface area (Å²) in [6, 6.07) is -0.00309. The second-order valence-corrected chi connectivity index (χ2v) is 11.7. The molecule has 0 radical (unpaired) electrons. The largest absolute Gasteiger partial charge is 0.388 e. The lowest BCUT2D eigenvalue weighted by atomic mass is 9.87. The van der Waals surface area contributed by atoms with Crippen LogP contribution in [0.5, 0.6) is 0 Å². The Hall–Kier alpha value is -1.67. The number of amides is 2. The first-order valence-corrected chi connectivity index (χ1v) is 14.7. The van der Waals surface area contributed by atoms with E-state index < -0.39 is 5.60 Å². The van der Waals surface area contributed by atoms with Crippen molar-refractivity contribution in [1.82, 2.24) is 10.6 Å². The number of ether oxygens (including phenoxy) is 2. The Morgan fingerprint density at radius 1 is 1.18 bits per heavy atom. The van der Waals surface area contributed by atoms with E-state index in [2.05, 4.69) is 23.6 Å². The first kappa shape index (κ1) is 32.5. The van der Waals surface area contributed by atoms with E-state index in [1.165, 1.54) is 0 Å². The number of carbonyl (C=O) groups is 2. The highest BCUT2D eigenvalue weighted by Crippen LogP contribution is 2.32. The molecule has 0 aromatic rings. The van der Waals surface area contributed by atoms with Gasteiger partial charge in [-0.1, -0.05) is 57.6 Å². The van der Waals surface area contributed by atoms with Gasteiger partial charge in [0.1, 0.15) is 0 Å². The maximum atomic E-state index is 12.2. The molecule has 8 heteroatoms. The summed E-state index contributed by atoms with van der Waals surface area (Å²) in [5, 5.41) is 16.9. The van der Waals surface area contributed by atoms with Crippen molar-refractivity contribution in [2.24, 2.45) is 11.8 Å². The van der Waals surface area contributed by atoms with E-state index in [0.717, 1.165) is 24.8 Å². The molecule has 0 bridgehead atoms. The quantitative estimate of drug-likeness (QED) is 0.183. The monoisotopic (exact) mass is 552 g/mol. The number of rotatable bonds is 12. The summed E-state index contributed by atoms with van der Waals surface area (Å²) >= 11 is 6.08. The molecule has 0 spiro atoms. The van der Waals surface area contributed by atoms with Gasteiger partial charge in [-0.3, -0.25) is 9.59 Å². The minimum atomic E-state index is -1.06. The minimum absolute atomic E-state index is 0.00309. The van der Waals surface area contributed by atoms with E-state index in [4.69, 9.17) is 21.1 Å². The Morgan fingerprint density at radius 3 is 2.58 bits per heavy atom. The molecule has 0 aromatic heterocycles. The molecule has 216 valence electrons. The first-order valence-electron chi connectivity index (χ1n) is 14.1. The summed E-state index contributed by atoms with van der Waals surface area (Å²) in [6.07, 6.45) is 12.4. The van der Waals surface area contributed by atoms with E-state index in [0.29, 0.717) is 31.2 Å². The number of nitrogens with one attached hydrogen (secondary N) is 2. The maximum Gasteiger partial charge on any atom is 0.243 e. The van der Waals surface area contributed by atoms with E-state index in [-0.39, 0.29) is 54.6 Å². The van der Waals surface area contributed by atoms with Gasteiger partial charge in [0, 0.05) is 19.4 Å². The van der Waals surface area contributed by atoms with Crippen molar-refractivity contribution >= 4 is 23.4 Å². The molecule has 2 fully saturated rings. The Morgan fingerprint density at radius 2 is 1.92 bits per heavy atom. The standard InChI is InChI=1S/C30H49ClN2O5/c1-7-14-32-29(35)16-25-18-30(36,19-31)17-24(38-25)11-9-21(4)10-12-27-22(5)15-26(23(6)37-27)33-28(34)13-8-20(2)3/h8-11,13,20,22-27,36H,7,12,14-19H2,1-6H3,(H,32,35)(H,33,34)/b11-9+,13-8-,21-10+/t22?,23?,24?,25-,26?,27?,30?/m1/s1. The molecule has 38 heavy (non-hydrogen) atoms. The molecule has 2 heterocycles. The number of allylic oxidation sites excluding steroid dienone is 3. The SMILES string of the molecule is CCCNC(=O)C[C@@H]1CC(O)(CCl)CC(/C=C/C(C)=C/CC2OC(C)C(NC(=O)/C=C\C(C)C)CC2C)O1. The van der Waals surface area contributed by atoms with Crippen molar-refractivity contribution in [3.05, 3.63) is 36.0 Å². The highest BCUT2D eigenvalue weighted by molar-refractivity contribution is 6.18. The van der Waals surface area contributed by atoms with Gasteiger partial charge in [-0.05, 0) is 51.0 Å². The van der Waals surface area contributed by atoms with Crippen molar-refractivity contribution < 1.29 is 24.2 Å². The van der Waals surface area contributed by atoms with Crippen LogP contribution in [0.25, 0.3) is 0 Å². The van der Waals surface area contributed by atoms with Crippen LogP contribution in [0.1, 0.15) is 80.1 Å². The van der Waals surface area contributed by atoms with Gasteiger partial charge in [-0.25, -0.2) is 0 Å². The van der Waals surface area contributed by atoms with Crippen molar-refractivity contribution in [2.75, 3.05) is 12.4 Å². The molecule has 2 saturated heterocycles. The van der Waals surface area contributed by atoms with Gasteiger partial charge in [-0.15, -0.1) is 11.6 Å². The molecule has 0 aliphatic carbocycles. The van der Waals surface area contributed by atoms with Crippen LogP contribution in [0.15, 0.2) is 36.0 Å². The summed E-state index contributed by atoms with van der Waals surface area (Å²) in [5.74, 6) is 0.605. The Labute approximate surface area is 234 Å². The summed E-state index contributed by atoms with van der Waals surface area (Å²) < 4.78 is 12.4. The predicted octanol–water partition coefficient (Wildman–Crippen LogP) is 4.82. The molecule has 2 aliphatic heterocycles. The van der Waals surface area contributed by atoms with Crippen molar-refractivity contribution in [1.29, 1.82) is 0 Å². The molecule has 0 aromatic carbocycles. The molecule has 2 aliphatic rings. The van der Waals surface area contributed by atoms with Crippen molar-refractivity contribution in [2.45, 2.75) is 116 Å². The molecule has 2 amide bonds. The third-order valence-electron chi connectivity index (χ3n) is 7.21. The van der Waals surface area contributed by atoms with E-state index in [1.807, 2.05) is 52.8 Å². The summed E-state index contributed by atoms with van der Waals surface area (Å²) in [4.78, 5) is 24.4. The van der Waals surface area contributed by atoms with Crippen LogP contribution in [-0.4, -0.2) is 65.4 Å². The van der Waals surface area contributed by atoms with E-state index in [1.54, 1.807) is 6.08 Å². The average Bonchev–Trinajstić information content (AvgIpc) is 2.85. The molecule has 0 saturated carbocycles. The Bertz CT molecular complexity index is 858. The number of alkyl halides is 1. The van der Waals surface area contributed by atoms with Gasteiger partial charge < -0.3 is 25.2 Å². The van der Waals surface area contributed by atoms with Crippen LogP contribution in [0.3, 0.4) is 0 Å². The summed E-state index contributed by atoms with van der Waals surface area (Å²) in [7, 11) is 0. The van der Waals surface area contributed by atoms with E-state index in [9.17, 15) is 14.7 Å². The third kappa shape index (κ3) is 11.2. The molecular formula is C30H49ClN2O5. The van der Waals surface area contributed by atoms with Crippen LogP contribution in [0, 0.1) is 11.8 Å². The van der Waals surface area contributed by atoms with Crippen molar-refractivity contribution in [3.8, 4) is 0 Å². The highest BCUT2D eigenvalue weighted by atomic mass is 35.5. The highest BCUT2D eigenvalue weighted by Gasteiger charge is 2.39. The van der Waals surface area contributed by atoms with Gasteiger partial charge in [0.15, 0.2) is 0 Å². The smallest absolute Gasteiger partial charge is 0.243 e. The lowest BCUT2D eigenvalue weighted by Gasteiger charge is -2.39. The zero-order chi connectivity index (χ0) is 28.3. The van der Waals surface area contributed by atoms with Crippen LogP contribution >= 0.6 is 11.6 Å². The minimum Gasteiger partial charge on any atom is -0.388 e. The molecule has 7 nitrogen and oxygen atoms in total. The number of hydrogen-bond acceptors (Lipinski definition) is 5. The van der Waals surface area contributed by atoms with Gasteiger partial charge in [-0.2, -0.15) is 0 Å². The van der Waals surface area contributed by atoms with Crippen LogP contribution in [0.2, 0.25) is 0 Å². The topological polar surface area (TPSA) is 96.9 Å². The van der Waals surface area contributed by atoms with E-state index >= 15 is 0 Å². The van der Waals surface area contributed by atoms with Gasteiger partial charge in [0.25, 0.3) is 0 Å². The zero-order valence-electron chi connectivity index (χ0n) is 24.0. The normalized spacial score (nSPS) is 32.7. The number of aliphatic hydroxyl groups is 1. The number of halogens is 1. The fourth-order valence-corrected chi connectivity index (χ4v) is 5.18. The van der Waals surface area contributed by atoms with Gasteiger partial charge >= 0.3 is 0 Å². The summed E-state index contributed by atoms with van der Waals surface area (Å²) in [6.45, 7) is 12.9. The van der Waals surface area contributed by atoms with Gasteiger partial charge in [0.2, 0.25) is 11.8 Å². The fourth-order valence-electron chi connectivity index (χ4n) is 4.96.